The van der Waals surface area contributed by atoms with Gasteiger partial charge in [-0.1, -0.05) is 47.8 Å². The Labute approximate surface area is 275 Å². The summed E-state index contributed by atoms with van der Waals surface area (Å²) in [6, 6.07) is 1.75. The number of likely N-dealkylation sites (N-methyl/N-ethyl adjacent to an activating group) is 1. The summed E-state index contributed by atoms with van der Waals surface area (Å²) in [6.07, 6.45) is 0. The molecule has 16 heteroatoms. The van der Waals surface area contributed by atoms with Crippen molar-refractivity contribution in [1.29, 1.82) is 5.26 Å². The zero-order valence-electron chi connectivity index (χ0n) is 22.1. The molecule has 0 atom stereocenters. The molecule has 0 saturated heterocycles. The maximum atomic E-state index is 10.7. The van der Waals surface area contributed by atoms with Crippen LogP contribution in [-0.4, -0.2) is 65.9 Å². The first-order chi connectivity index (χ1) is 15.7. The fourth-order valence-electron chi connectivity index (χ4n) is 0.603. The van der Waals surface area contributed by atoms with Crippen molar-refractivity contribution in [3.05, 3.63) is 0 Å². The minimum atomic E-state index is -1.24. The molecule has 0 aromatic heterocycles. The van der Waals surface area contributed by atoms with Gasteiger partial charge in [0.1, 0.15) is 9.93 Å². The van der Waals surface area contributed by atoms with E-state index in [1.54, 1.807) is 54.7 Å². The first-order valence-electron chi connectivity index (χ1n) is 9.53. The third-order valence-electron chi connectivity index (χ3n) is 2.53. The van der Waals surface area contributed by atoms with Gasteiger partial charge in [-0.3, -0.25) is 19.2 Å². The number of nitrogens with one attached hydrogen (secondary N) is 2. The predicted molar refractivity (Wildman–Crippen MR) is 171 cm³/mol. The van der Waals surface area contributed by atoms with Gasteiger partial charge >= 0.3 is 56.5 Å². The summed E-state index contributed by atoms with van der Waals surface area (Å²) in [4.78, 5) is 41.3. The van der Waals surface area contributed by atoms with Crippen molar-refractivity contribution in [2.45, 2.75) is 80.9 Å². The first kappa shape index (κ1) is 50.3. The van der Waals surface area contributed by atoms with E-state index in [9.17, 15) is 19.2 Å². The van der Waals surface area contributed by atoms with E-state index in [1.165, 1.54) is 27.8 Å². The first-order valence-corrected chi connectivity index (χ1v) is 24.9. The minimum absolute atomic E-state index is 0.00231. The molecule has 4 N–H and O–H groups in total. The van der Waals surface area contributed by atoms with E-state index >= 15 is 0 Å². The summed E-state index contributed by atoms with van der Waals surface area (Å²) in [5, 5.41) is 28.9. The Morgan fingerprint density at radius 3 is 1.03 bits per heavy atom. The molecule has 0 saturated carbocycles. The van der Waals surface area contributed by atoms with Gasteiger partial charge in [-0.05, 0) is 67.0 Å². The van der Waals surface area contributed by atoms with E-state index in [1.807, 2.05) is 0 Å². The zero-order chi connectivity index (χ0) is 31.1. The van der Waals surface area contributed by atoms with Gasteiger partial charge in [-0.15, -0.1) is 0 Å². The average molecular weight is 1070 g/mol. The van der Waals surface area contributed by atoms with Gasteiger partial charge in [0.15, 0.2) is 0 Å². The molecule has 9 nitrogen and oxygen atoms in total. The SMILES string of the molecule is CC#N.CC(C)(Br)C(=O)Cl.CC(C)(Br)C(=O)O.CNC(=O)C(C)(C)Br.CNC(=O)C(C)(C)O.I[I-]I. The summed E-state index contributed by atoms with van der Waals surface area (Å²) in [5.74, 6) is -1.21. The van der Waals surface area contributed by atoms with Gasteiger partial charge in [-0.25, -0.2) is 0 Å². The summed E-state index contributed by atoms with van der Waals surface area (Å²) in [7, 11) is 3.10. The van der Waals surface area contributed by atoms with Crippen LogP contribution in [0.2, 0.25) is 0 Å². The molecule has 218 valence electrons. The second-order valence-corrected chi connectivity index (χ2v) is 30.5. The van der Waals surface area contributed by atoms with Gasteiger partial charge in [0.25, 0.3) is 5.91 Å². The van der Waals surface area contributed by atoms with Gasteiger partial charge < -0.3 is 20.8 Å². The van der Waals surface area contributed by atoms with Crippen LogP contribution in [0.3, 0.4) is 0 Å². The van der Waals surface area contributed by atoms with Crippen LogP contribution in [-0.2, 0) is 19.2 Å². The number of carboxylic acid groups (broad SMARTS) is 1. The molecule has 0 fully saturated rings. The fraction of sp³-hybridized carbons (Fsp3) is 0.750. The molecule has 0 aliphatic carbocycles. The Bertz CT molecular complexity index is 621. The molecule has 0 heterocycles. The number of hydrogen-bond acceptors (Lipinski definition) is 6. The number of aliphatic carboxylic acids is 1. The molecule has 0 radical (unpaired) electrons. The van der Waals surface area contributed by atoms with Crippen LogP contribution in [0.5, 0.6) is 0 Å². The normalized spacial score (nSPS) is 10.1. The van der Waals surface area contributed by atoms with E-state index in [0.717, 1.165) is 0 Å². The van der Waals surface area contributed by atoms with Crippen LogP contribution in [0.25, 0.3) is 0 Å². The molecule has 0 aliphatic rings. The predicted octanol–water partition coefficient (Wildman–Crippen LogP) is 2.88. The molecule has 36 heavy (non-hydrogen) atoms. The molecule has 0 bridgehead atoms. The number of aliphatic hydroxyl groups is 1. The molecule has 0 rings (SSSR count). The standard InChI is InChI=1S/C5H10BrNO.C5H11NO2.C4H6BrClO.C4H7BrO2.C2H3N.I3/c1-5(2,6)4(8)7-3;1-5(2,8)4(7)6-3;2*1-4(2,5)3(6)7;1-2-3;1-3-2/h1-3H3,(H,7,8);8H,1-3H3,(H,6,7);1-2H3;1-2H3,(H,6,7);1H3;/q;;;;;-1. The average Bonchev–Trinajstić information content (AvgIpc) is 2.66. The number of nitriles is 1. The molecular weight excluding hydrogens is 1030 g/mol. The maximum absolute atomic E-state index is 10.7. The number of carbonyl (C=O) groups is 4. The van der Waals surface area contributed by atoms with Crippen LogP contribution >= 0.6 is 96.6 Å². The van der Waals surface area contributed by atoms with Crippen LogP contribution in [0.1, 0.15) is 62.3 Å². The van der Waals surface area contributed by atoms with E-state index in [2.05, 4.69) is 95.7 Å². The second-order valence-electron chi connectivity index (χ2n) is 7.99. The molecule has 0 aromatic rings. The Hall–Kier alpha value is 1.45. The van der Waals surface area contributed by atoms with Crippen molar-refractivity contribution < 1.29 is 42.6 Å². The number of halogens is 7. The van der Waals surface area contributed by atoms with Crippen LogP contribution in [0, 0.1) is 11.3 Å². The summed E-state index contributed by atoms with van der Waals surface area (Å²) in [6.45, 7) is 14.4. The number of carboxylic acids is 1. The van der Waals surface area contributed by atoms with Gasteiger partial charge in [-0.2, -0.15) is 5.26 Å². The fourth-order valence-corrected chi connectivity index (χ4v) is 0.801. The number of carbonyl (C=O) groups excluding carboxylic acids is 3. The third kappa shape index (κ3) is 48.5. The Morgan fingerprint density at radius 1 is 0.833 bits per heavy atom. The monoisotopic (exact) mass is 1070 g/mol. The Kier molecular flexibility index (Phi) is 37.3. The topological polar surface area (TPSA) is 157 Å². The molecule has 0 aliphatic heterocycles. The molecule has 0 unspecified atom stereocenters. The van der Waals surface area contributed by atoms with Crippen molar-refractivity contribution in [3.8, 4) is 6.07 Å². The van der Waals surface area contributed by atoms with Crippen molar-refractivity contribution >= 4 is 120 Å². The van der Waals surface area contributed by atoms with Gasteiger partial charge in [0, 0.05) is 21.0 Å². The van der Waals surface area contributed by atoms with E-state index in [0.29, 0.717) is 13.3 Å². The van der Waals surface area contributed by atoms with Crippen LogP contribution in [0.15, 0.2) is 0 Å². The quantitative estimate of drug-likeness (QED) is 0.192. The van der Waals surface area contributed by atoms with Crippen molar-refractivity contribution in [2.75, 3.05) is 14.1 Å². The van der Waals surface area contributed by atoms with E-state index < -0.39 is 24.5 Å². The summed E-state index contributed by atoms with van der Waals surface area (Å²) in [5.41, 5.74) is -1.24. The second kappa shape index (κ2) is 26.7. The number of hydrogen-bond donors (Lipinski definition) is 4. The van der Waals surface area contributed by atoms with Crippen LogP contribution < -0.4 is 23.9 Å². The van der Waals surface area contributed by atoms with Crippen LogP contribution in [0.4, 0.5) is 0 Å². The summed E-state index contributed by atoms with van der Waals surface area (Å²) >= 11 is 19.6. The van der Waals surface area contributed by atoms with Gasteiger partial charge in [0.2, 0.25) is 11.1 Å². The Balaban J connectivity index is -0.0000000776. The Morgan fingerprint density at radius 2 is 1.03 bits per heavy atom. The molecular formula is C20H37Br3ClI3N3O6-. The number of rotatable bonds is 4. The molecule has 2 amide bonds. The number of nitrogens with zero attached hydrogens (tertiary/aromatic N) is 1. The van der Waals surface area contributed by atoms with Crippen molar-refractivity contribution in [2.24, 2.45) is 0 Å². The third-order valence-corrected chi connectivity index (χ3v) is 4.29. The summed E-state index contributed by atoms with van der Waals surface area (Å²) < 4.78 is -1.76. The number of alkyl halides is 3. The van der Waals surface area contributed by atoms with Gasteiger partial charge in [0.05, 0.1) is 14.7 Å². The van der Waals surface area contributed by atoms with Crippen molar-refractivity contribution in [1.82, 2.24) is 10.6 Å². The molecule has 0 spiro atoms. The zero-order valence-corrected chi connectivity index (χ0v) is 34.1. The van der Waals surface area contributed by atoms with Crippen molar-refractivity contribution in [3.63, 3.8) is 0 Å². The van der Waals surface area contributed by atoms with E-state index in [-0.39, 0.29) is 17.1 Å². The molecule has 0 aromatic carbocycles. The number of amides is 2. The van der Waals surface area contributed by atoms with E-state index in [4.69, 9.17) is 27.1 Å².